The predicted molar refractivity (Wildman–Crippen MR) is 130 cm³/mol. The summed E-state index contributed by atoms with van der Waals surface area (Å²) in [6.45, 7) is -0.839. The number of aryl methyl sites for hydroxylation is 1. The largest absolute Gasteiger partial charge is 0.479 e. The van der Waals surface area contributed by atoms with Gasteiger partial charge in [0, 0.05) is 23.9 Å². The summed E-state index contributed by atoms with van der Waals surface area (Å²) in [4.78, 5) is 59.9. The van der Waals surface area contributed by atoms with E-state index in [1.807, 2.05) is 0 Å². The van der Waals surface area contributed by atoms with E-state index in [9.17, 15) is 24.3 Å². The summed E-state index contributed by atoms with van der Waals surface area (Å²) in [5, 5.41) is 44.9. The van der Waals surface area contributed by atoms with Crippen molar-refractivity contribution in [2.75, 3.05) is 25.2 Å². The molecule has 2 aromatic rings. The number of rotatable bonds is 11. The van der Waals surface area contributed by atoms with Gasteiger partial charge >= 0.3 is 11.9 Å². The van der Waals surface area contributed by atoms with E-state index in [1.54, 1.807) is 7.05 Å². The molecule has 0 aromatic carbocycles. The number of aromatic nitrogens is 5. The summed E-state index contributed by atoms with van der Waals surface area (Å²) in [7, 11) is 2.90. The minimum atomic E-state index is -1.33. The zero-order valence-corrected chi connectivity index (χ0v) is 22.0. The first-order valence-electron chi connectivity index (χ1n) is 10.4. The smallest absolute Gasteiger partial charge is 0.352 e. The molecule has 1 saturated heterocycles. The third-order valence-corrected chi connectivity index (χ3v) is 8.33. The van der Waals surface area contributed by atoms with Gasteiger partial charge in [0.2, 0.25) is 16.6 Å². The van der Waals surface area contributed by atoms with E-state index >= 15 is 0 Å². The van der Waals surface area contributed by atoms with Crippen molar-refractivity contribution < 1.29 is 39.1 Å². The van der Waals surface area contributed by atoms with Crippen LogP contribution in [0, 0.1) is 5.41 Å². The highest BCUT2D eigenvalue weighted by molar-refractivity contribution is 8.01. The first kappa shape index (κ1) is 27.1. The minimum absolute atomic E-state index is 0.00555. The molecule has 2 atom stereocenters. The summed E-state index contributed by atoms with van der Waals surface area (Å²) in [5.74, 6) is -3.66. The van der Waals surface area contributed by atoms with Gasteiger partial charge in [-0.3, -0.25) is 19.9 Å². The maximum absolute atomic E-state index is 13.1. The Labute approximate surface area is 224 Å². The molecule has 2 amide bonds. The normalized spacial score (nSPS) is 19.1. The lowest BCUT2D eigenvalue weighted by Crippen LogP contribution is -2.71. The van der Waals surface area contributed by atoms with Crippen LogP contribution in [0.4, 0.5) is 0 Å². The van der Waals surface area contributed by atoms with E-state index in [-0.39, 0.29) is 27.7 Å². The SMILES string of the molecule is COn1c(C(=NOCC(=O)O)C(=O)N[C@@H]2C(=O)N3C(C(=O)O)=C(CSc4nnnn4C)CS[C@@H]23)csc1=N. The molecule has 2 aliphatic rings. The fraction of sp³-hybridized carbons (Fsp3) is 0.389. The molecular formula is C18H19N9O8S3. The van der Waals surface area contributed by atoms with Gasteiger partial charge in [-0.25, -0.2) is 14.3 Å². The zero-order chi connectivity index (χ0) is 27.6. The number of thioether (sulfide) groups is 2. The lowest BCUT2D eigenvalue weighted by molar-refractivity contribution is -0.150. The van der Waals surface area contributed by atoms with Crippen LogP contribution in [0.3, 0.4) is 0 Å². The highest BCUT2D eigenvalue weighted by atomic mass is 32.2. The van der Waals surface area contributed by atoms with Crippen molar-refractivity contribution >= 4 is 64.3 Å². The van der Waals surface area contributed by atoms with Crippen LogP contribution in [0.25, 0.3) is 0 Å². The van der Waals surface area contributed by atoms with Crippen LogP contribution in [-0.2, 0) is 31.1 Å². The van der Waals surface area contributed by atoms with Gasteiger partial charge in [0.05, 0.1) is 0 Å². The molecule has 0 aliphatic carbocycles. The Bertz CT molecular complexity index is 1410. The number of oxime groups is 1. The van der Waals surface area contributed by atoms with E-state index in [0.29, 0.717) is 10.7 Å². The van der Waals surface area contributed by atoms with Gasteiger partial charge in [-0.1, -0.05) is 16.9 Å². The first-order chi connectivity index (χ1) is 18.1. The molecule has 0 radical (unpaired) electrons. The van der Waals surface area contributed by atoms with Crippen LogP contribution < -0.4 is 15.0 Å². The third-order valence-electron chi connectivity index (χ3n) is 5.16. The standard InChI is InChI=1S/C18H19N9O8S3/c1-25-18(21-23-24-25)38-5-7-4-36-15-11(14(31)26(15)12(7)16(32)33)20-13(30)10(22-35-3-9(28)29)8-6-37-17(19)27(8)34-2/h6,11,15,19H,3-5H2,1-2H3,(H,20,30)(H,28,29)(H,32,33)/t11-,15+/m1/s1. The van der Waals surface area contributed by atoms with Crippen molar-refractivity contribution in [2.45, 2.75) is 16.6 Å². The number of thiazole rings is 1. The summed E-state index contributed by atoms with van der Waals surface area (Å²) in [6, 6.07) is -1.09. The Hall–Kier alpha value is -3.91. The lowest BCUT2D eigenvalue weighted by atomic mass is 10.0. The lowest BCUT2D eigenvalue weighted by Gasteiger charge is -2.49. The summed E-state index contributed by atoms with van der Waals surface area (Å²) < 4.78 is 2.41. The first-order valence-corrected chi connectivity index (χ1v) is 13.3. The number of carboxylic acids is 2. The van der Waals surface area contributed by atoms with E-state index in [2.05, 4.69) is 26.0 Å². The number of hydrogen-bond acceptors (Lipinski definition) is 14. The van der Waals surface area contributed by atoms with Crippen molar-refractivity contribution in [3.63, 3.8) is 0 Å². The second kappa shape index (κ2) is 11.2. The number of hydrogen-bond donors (Lipinski definition) is 4. The van der Waals surface area contributed by atoms with Crippen LogP contribution in [0.2, 0.25) is 0 Å². The van der Waals surface area contributed by atoms with Gasteiger partial charge in [0.15, 0.2) is 5.71 Å². The van der Waals surface area contributed by atoms with Crippen molar-refractivity contribution in [2.24, 2.45) is 12.2 Å². The monoisotopic (exact) mass is 585 g/mol. The van der Waals surface area contributed by atoms with Gasteiger partial charge in [-0.15, -0.1) is 28.2 Å². The number of carboxylic acid groups (broad SMARTS) is 2. The van der Waals surface area contributed by atoms with E-state index in [0.717, 1.165) is 21.0 Å². The maximum Gasteiger partial charge on any atom is 0.352 e. The average molecular weight is 586 g/mol. The Morgan fingerprint density at radius 2 is 2.13 bits per heavy atom. The van der Waals surface area contributed by atoms with E-state index < -0.39 is 47.5 Å². The number of nitrogens with zero attached hydrogens (tertiary/aromatic N) is 7. The van der Waals surface area contributed by atoms with E-state index in [1.165, 1.54) is 40.7 Å². The average Bonchev–Trinajstić information content (AvgIpc) is 3.46. The summed E-state index contributed by atoms with van der Waals surface area (Å²) >= 11 is 3.40. The number of fused-ring (bicyclic) bond motifs is 1. The predicted octanol–water partition coefficient (Wildman–Crippen LogP) is -2.05. The molecule has 4 N–H and O–H groups in total. The van der Waals surface area contributed by atoms with Crippen LogP contribution in [0.15, 0.2) is 27.0 Å². The zero-order valence-electron chi connectivity index (χ0n) is 19.6. The molecule has 4 heterocycles. The molecule has 0 saturated carbocycles. The number of aliphatic carboxylic acids is 2. The minimum Gasteiger partial charge on any atom is -0.479 e. The van der Waals surface area contributed by atoms with Gasteiger partial charge in [-0.05, 0) is 16.0 Å². The quantitative estimate of drug-likeness (QED) is 0.0964. The molecule has 1 fully saturated rings. The topological polar surface area (TPSA) is 227 Å². The Balaban J connectivity index is 1.53. The Kier molecular flexibility index (Phi) is 8.02. The highest BCUT2D eigenvalue weighted by Gasteiger charge is 2.54. The fourth-order valence-electron chi connectivity index (χ4n) is 3.51. The molecular weight excluding hydrogens is 566 g/mol. The number of β-lactam (4-membered cyclic amide) rings is 1. The molecule has 202 valence electrons. The molecule has 20 heteroatoms. The van der Waals surface area contributed by atoms with Gasteiger partial charge < -0.3 is 25.2 Å². The van der Waals surface area contributed by atoms with Crippen molar-refractivity contribution in [1.29, 1.82) is 5.41 Å². The van der Waals surface area contributed by atoms with Gasteiger partial charge in [0.25, 0.3) is 11.8 Å². The Morgan fingerprint density at radius 1 is 1.37 bits per heavy atom. The molecule has 2 aromatic heterocycles. The number of nitrogens with one attached hydrogen (secondary N) is 2. The molecule has 2 aliphatic heterocycles. The third kappa shape index (κ3) is 5.22. The number of tetrazole rings is 1. The number of carbonyl (C=O) groups is 4. The van der Waals surface area contributed by atoms with Crippen LogP contribution in [0.5, 0.6) is 0 Å². The summed E-state index contributed by atoms with van der Waals surface area (Å²) in [6.07, 6.45) is 0. The fourth-order valence-corrected chi connectivity index (χ4v) is 6.54. The number of amides is 2. The van der Waals surface area contributed by atoms with E-state index in [4.69, 9.17) is 20.2 Å². The van der Waals surface area contributed by atoms with Crippen molar-refractivity contribution in [1.82, 2.24) is 35.2 Å². The highest BCUT2D eigenvalue weighted by Crippen LogP contribution is 2.41. The second-order valence-electron chi connectivity index (χ2n) is 7.50. The van der Waals surface area contributed by atoms with Crippen molar-refractivity contribution in [3.05, 3.63) is 27.1 Å². The molecule has 4 rings (SSSR count). The van der Waals surface area contributed by atoms with Crippen LogP contribution in [0.1, 0.15) is 5.69 Å². The van der Waals surface area contributed by atoms with Crippen LogP contribution in [-0.4, -0.2) is 106 Å². The van der Waals surface area contributed by atoms with Gasteiger partial charge in [0.1, 0.15) is 29.9 Å². The number of carbonyl (C=O) groups excluding carboxylic acids is 2. The molecule has 0 spiro atoms. The maximum atomic E-state index is 13.1. The molecule has 38 heavy (non-hydrogen) atoms. The second-order valence-corrected chi connectivity index (χ2v) is 10.4. The van der Waals surface area contributed by atoms with Crippen molar-refractivity contribution in [3.8, 4) is 0 Å². The Morgan fingerprint density at radius 3 is 2.76 bits per heavy atom. The summed E-state index contributed by atoms with van der Waals surface area (Å²) in [5.41, 5.74) is -0.108. The van der Waals surface area contributed by atoms with Gasteiger partial charge in [-0.2, -0.15) is 4.73 Å². The van der Waals surface area contributed by atoms with Crippen LogP contribution >= 0.6 is 34.9 Å². The molecule has 0 unspecified atom stereocenters. The molecule has 17 nitrogen and oxygen atoms in total. The molecule has 0 bridgehead atoms.